The molecule has 0 spiro atoms. The Labute approximate surface area is 159 Å². The first-order valence-corrected chi connectivity index (χ1v) is 10.6. The molecule has 0 radical (unpaired) electrons. The maximum atomic E-state index is 12.7. The highest BCUT2D eigenvalue weighted by atomic mass is 32.2. The van der Waals surface area contributed by atoms with Crippen LogP contribution < -0.4 is 10.1 Å². The average Bonchev–Trinajstić information content (AvgIpc) is 3.10. The van der Waals surface area contributed by atoms with Crippen LogP contribution in [-0.4, -0.2) is 50.3 Å². The maximum Gasteiger partial charge on any atom is 0.322 e. The number of anilines is 1. The van der Waals surface area contributed by atoms with E-state index in [1.165, 1.54) is 12.3 Å². The van der Waals surface area contributed by atoms with Gasteiger partial charge < -0.3 is 15.0 Å². The molecule has 1 aliphatic heterocycles. The number of carbonyl (C=O) groups is 1. The number of para-hydroxylation sites is 1. The van der Waals surface area contributed by atoms with Crippen molar-refractivity contribution in [2.45, 2.75) is 30.3 Å². The van der Waals surface area contributed by atoms with Gasteiger partial charge in [0.15, 0.2) is 14.9 Å². The van der Waals surface area contributed by atoms with Gasteiger partial charge in [-0.25, -0.2) is 18.2 Å². The molecule has 1 aliphatic rings. The average molecular weight is 389 g/mol. The monoisotopic (exact) mass is 389 g/mol. The van der Waals surface area contributed by atoms with Crippen molar-refractivity contribution in [1.82, 2.24) is 9.88 Å². The number of methoxy groups -OCH3 is 1. The van der Waals surface area contributed by atoms with Gasteiger partial charge in [0, 0.05) is 18.8 Å². The van der Waals surface area contributed by atoms with E-state index in [0.717, 1.165) is 36.8 Å². The lowest BCUT2D eigenvalue weighted by Gasteiger charge is -2.25. The smallest absolute Gasteiger partial charge is 0.322 e. The zero-order valence-corrected chi connectivity index (χ0v) is 16.2. The second-order valence-electron chi connectivity index (χ2n) is 6.59. The van der Waals surface area contributed by atoms with Crippen molar-refractivity contribution in [1.29, 1.82) is 0 Å². The molecular formula is C19H23N3O4S. The predicted molar refractivity (Wildman–Crippen MR) is 103 cm³/mol. The van der Waals surface area contributed by atoms with Gasteiger partial charge >= 0.3 is 6.03 Å². The highest BCUT2D eigenvalue weighted by molar-refractivity contribution is 7.90. The van der Waals surface area contributed by atoms with Gasteiger partial charge in [-0.1, -0.05) is 18.2 Å². The molecule has 3 rings (SSSR count). The SMILES string of the molecule is COc1ccccc1CC1CCCN1C(=O)Nc1ccc(S(C)(=O)=O)nc1. The number of carbonyl (C=O) groups excluding carboxylic acids is 1. The van der Waals surface area contributed by atoms with Crippen LogP contribution in [0, 0.1) is 0 Å². The lowest BCUT2D eigenvalue weighted by Crippen LogP contribution is -2.39. The Morgan fingerprint density at radius 2 is 2.07 bits per heavy atom. The van der Waals surface area contributed by atoms with Crippen LogP contribution in [0.2, 0.25) is 0 Å². The lowest BCUT2D eigenvalue weighted by molar-refractivity contribution is 0.206. The first kappa shape index (κ1) is 19.2. The van der Waals surface area contributed by atoms with Crippen LogP contribution in [0.15, 0.2) is 47.6 Å². The minimum absolute atomic E-state index is 0.0179. The zero-order chi connectivity index (χ0) is 19.4. The molecule has 1 fully saturated rings. The molecule has 1 aromatic heterocycles. The van der Waals surface area contributed by atoms with Crippen molar-refractivity contribution in [3.8, 4) is 5.75 Å². The quantitative estimate of drug-likeness (QED) is 0.849. The number of nitrogens with one attached hydrogen (secondary N) is 1. The number of rotatable bonds is 5. The standard InChI is InChI=1S/C19H23N3O4S/c1-26-17-8-4-3-6-14(17)12-16-7-5-11-22(16)19(23)21-15-9-10-18(20-13-15)27(2,24)25/h3-4,6,8-10,13,16H,5,7,11-12H2,1-2H3,(H,21,23). The molecule has 144 valence electrons. The molecule has 1 N–H and O–H groups in total. The zero-order valence-electron chi connectivity index (χ0n) is 15.4. The summed E-state index contributed by atoms with van der Waals surface area (Å²) < 4.78 is 28.4. The molecule has 27 heavy (non-hydrogen) atoms. The Morgan fingerprint density at radius 3 is 2.74 bits per heavy atom. The molecule has 1 atom stereocenters. The van der Waals surface area contributed by atoms with E-state index >= 15 is 0 Å². The number of nitrogens with zero attached hydrogens (tertiary/aromatic N) is 2. The van der Waals surface area contributed by atoms with Crippen molar-refractivity contribution in [3.05, 3.63) is 48.2 Å². The van der Waals surface area contributed by atoms with E-state index in [9.17, 15) is 13.2 Å². The molecule has 2 aromatic rings. The summed E-state index contributed by atoms with van der Waals surface area (Å²) in [5, 5.41) is 2.79. The fourth-order valence-electron chi connectivity index (χ4n) is 3.31. The fourth-order valence-corrected chi connectivity index (χ4v) is 3.87. The molecule has 2 heterocycles. The van der Waals surface area contributed by atoms with Gasteiger partial charge in [-0.2, -0.15) is 0 Å². The topological polar surface area (TPSA) is 88.6 Å². The third kappa shape index (κ3) is 4.57. The van der Waals surface area contributed by atoms with Crippen LogP contribution in [0.3, 0.4) is 0 Å². The molecule has 1 unspecified atom stereocenters. The number of sulfone groups is 1. The molecule has 0 saturated carbocycles. The minimum Gasteiger partial charge on any atom is -0.496 e. The van der Waals surface area contributed by atoms with Crippen molar-refractivity contribution in [2.75, 3.05) is 25.2 Å². The van der Waals surface area contributed by atoms with Crippen LogP contribution in [0.5, 0.6) is 5.75 Å². The van der Waals surface area contributed by atoms with Crippen LogP contribution in [0.25, 0.3) is 0 Å². The number of hydrogen-bond acceptors (Lipinski definition) is 5. The van der Waals surface area contributed by atoms with E-state index in [1.54, 1.807) is 13.2 Å². The Bertz CT molecular complexity index is 913. The number of ether oxygens (including phenoxy) is 1. The third-order valence-electron chi connectivity index (χ3n) is 4.65. The first-order valence-electron chi connectivity index (χ1n) is 8.74. The number of amides is 2. The van der Waals surface area contributed by atoms with Crippen molar-refractivity contribution >= 4 is 21.6 Å². The molecule has 8 heteroatoms. The van der Waals surface area contributed by atoms with Crippen LogP contribution in [0.4, 0.5) is 10.5 Å². The summed E-state index contributed by atoms with van der Waals surface area (Å²) in [6, 6.07) is 10.6. The van der Waals surface area contributed by atoms with E-state index in [4.69, 9.17) is 4.74 Å². The summed E-state index contributed by atoms with van der Waals surface area (Å²) in [6.07, 6.45) is 5.05. The molecule has 7 nitrogen and oxygen atoms in total. The fraction of sp³-hybridized carbons (Fsp3) is 0.368. The second kappa shape index (κ2) is 7.96. The third-order valence-corrected chi connectivity index (χ3v) is 5.65. The van der Waals surface area contributed by atoms with Gasteiger partial charge in [0.1, 0.15) is 5.75 Å². The van der Waals surface area contributed by atoms with Gasteiger partial charge in [-0.3, -0.25) is 0 Å². The highest BCUT2D eigenvalue weighted by Gasteiger charge is 2.29. The van der Waals surface area contributed by atoms with Crippen molar-refractivity contribution in [2.24, 2.45) is 0 Å². The highest BCUT2D eigenvalue weighted by Crippen LogP contribution is 2.26. The first-order chi connectivity index (χ1) is 12.9. The normalized spacial score (nSPS) is 17.0. The van der Waals surface area contributed by atoms with Crippen molar-refractivity contribution in [3.63, 3.8) is 0 Å². The summed E-state index contributed by atoms with van der Waals surface area (Å²) >= 11 is 0. The minimum atomic E-state index is -3.36. The predicted octanol–water partition coefficient (Wildman–Crippen LogP) is 2.73. The van der Waals surface area contributed by atoms with Crippen LogP contribution in [0.1, 0.15) is 18.4 Å². The van der Waals surface area contributed by atoms with Gasteiger partial charge in [0.2, 0.25) is 0 Å². The molecule has 1 saturated heterocycles. The summed E-state index contributed by atoms with van der Waals surface area (Å²) in [6.45, 7) is 0.681. The molecule has 0 bridgehead atoms. The Kier molecular flexibility index (Phi) is 5.65. The number of aromatic nitrogens is 1. The molecule has 2 amide bonds. The summed E-state index contributed by atoms with van der Waals surface area (Å²) in [5.41, 5.74) is 1.54. The Hall–Kier alpha value is -2.61. The number of pyridine rings is 1. The maximum absolute atomic E-state index is 12.7. The van der Waals surface area contributed by atoms with Crippen molar-refractivity contribution < 1.29 is 17.9 Å². The van der Waals surface area contributed by atoms with Gasteiger partial charge in [0.05, 0.1) is 19.0 Å². The largest absolute Gasteiger partial charge is 0.496 e. The molecule has 1 aromatic carbocycles. The van der Waals surface area contributed by atoms with Gasteiger partial charge in [-0.05, 0) is 43.0 Å². The number of likely N-dealkylation sites (tertiary alicyclic amines) is 1. The van der Waals surface area contributed by atoms with E-state index in [1.807, 2.05) is 29.2 Å². The number of hydrogen-bond donors (Lipinski definition) is 1. The Morgan fingerprint density at radius 1 is 1.30 bits per heavy atom. The van der Waals surface area contributed by atoms with E-state index in [0.29, 0.717) is 12.2 Å². The van der Waals surface area contributed by atoms with E-state index in [-0.39, 0.29) is 17.1 Å². The van der Waals surface area contributed by atoms with Crippen LogP contribution >= 0.6 is 0 Å². The summed E-state index contributed by atoms with van der Waals surface area (Å²) in [7, 11) is -1.72. The second-order valence-corrected chi connectivity index (χ2v) is 8.56. The van der Waals surface area contributed by atoms with Crippen LogP contribution in [-0.2, 0) is 16.3 Å². The lowest BCUT2D eigenvalue weighted by atomic mass is 10.0. The number of urea groups is 1. The van der Waals surface area contributed by atoms with E-state index < -0.39 is 9.84 Å². The van der Waals surface area contributed by atoms with E-state index in [2.05, 4.69) is 10.3 Å². The molecule has 0 aliphatic carbocycles. The summed E-state index contributed by atoms with van der Waals surface area (Å²) in [5.74, 6) is 0.824. The Balaban J connectivity index is 1.68. The van der Waals surface area contributed by atoms with Gasteiger partial charge in [-0.15, -0.1) is 0 Å². The summed E-state index contributed by atoms with van der Waals surface area (Å²) in [4.78, 5) is 18.4. The molecular weight excluding hydrogens is 366 g/mol. The van der Waals surface area contributed by atoms with Gasteiger partial charge in [0.25, 0.3) is 0 Å². The number of benzene rings is 1.